The standard InChI is InChI=1S/C15H12N2O2S/c1-8-3-4-10-7-11(5-6-12(10)16-8)14-17-13(15(18)19)9(2)20-14/h3-7H,1-2H3,(H,18,19). The van der Waals surface area contributed by atoms with Gasteiger partial charge in [0.25, 0.3) is 0 Å². The van der Waals surface area contributed by atoms with Gasteiger partial charge >= 0.3 is 5.97 Å². The second kappa shape index (κ2) is 4.68. The number of benzene rings is 1. The average Bonchev–Trinajstić information content (AvgIpc) is 2.80. The first-order valence-electron chi connectivity index (χ1n) is 6.13. The van der Waals surface area contributed by atoms with E-state index in [0.717, 1.165) is 32.0 Å². The number of hydrogen-bond acceptors (Lipinski definition) is 4. The van der Waals surface area contributed by atoms with Crippen LogP contribution < -0.4 is 0 Å². The molecule has 0 bridgehead atoms. The van der Waals surface area contributed by atoms with Gasteiger partial charge in [-0.1, -0.05) is 6.07 Å². The summed E-state index contributed by atoms with van der Waals surface area (Å²) in [6.07, 6.45) is 0. The van der Waals surface area contributed by atoms with Crippen LogP contribution in [-0.4, -0.2) is 21.0 Å². The molecule has 100 valence electrons. The van der Waals surface area contributed by atoms with Crippen LogP contribution >= 0.6 is 11.3 Å². The van der Waals surface area contributed by atoms with Gasteiger partial charge in [0.15, 0.2) is 5.69 Å². The molecule has 0 fully saturated rings. The number of pyridine rings is 1. The third-order valence-corrected chi connectivity index (χ3v) is 4.09. The van der Waals surface area contributed by atoms with Gasteiger partial charge in [0.05, 0.1) is 5.52 Å². The Bertz CT molecular complexity index is 824. The quantitative estimate of drug-likeness (QED) is 0.779. The molecule has 3 rings (SSSR count). The van der Waals surface area contributed by atoms with Crippen LogP contribution in [0.1, 0.15) is 21.1 Å². The van der Waals surface area contributed by atoms with E-state index in [-0.39, 0.29) is 5.69 Å². The van der Waals surface area contributed by atoms with E-state index >= 15 is 0 Å². The fourth-order valence-electron chi connectivity index (χ4n) is 2.08. The number of nitrogens with zero attached hydrogens (tertiary/aromatic N) is 2. The second-order valence-electron chi connectivity index (χ2n) is 4.59. The Morgan fingerprint density at radius 1 is 1.15 bits per heavy atom. The lowest BCUT2D eigenvalue weighted by Crippen LogP contribution is -1.98. The predicted octanol–water partition coefficient (Wildman–Crippen LogP) is 3.67. The van der Waals surface area contributed by atoms with Crippen LogP contribution in [0.15, 0.2) is 30.3 Å². The van der Waals surface area contributed by atoms with E-state index in [1.807, 2.05) is 37.3 Å². The highest BCUT2D eigenvalue weighted by atomic mass is 32.1. The number of fused-ring (bicyclic) bond motifs is 1. The lowest BCUT2D eigenvalue weighted by molar-refractivity contribution is 0.0690. The van der Waals surface area contributed by atoms with Gasteiger partial charge in [-0.25, -0.2) is 9.78 Å². The van der Waals surface area contributed by atoms with Crippen molar-refractivity contribution in [1.82, 2.24) is 9.97 Å². The van der Waals surface area contributed by atoms with Gasteiger partial charge in [0.1, 0.15) is 5.01 Å². The molecule has 1 aromatic carbocycles. The fraction of sp³-hybridized carbons (Fsp3) is 0.133. The van der Waals surface area contributed by atoms with Gasteiger partial charge < -0.3 is 5.11 Å². The van der Waals surface area contributed by atoms with Crippen molar-refractivity contribution in [2.24, 2.45) is 0 Å². The van der Waals surface area contributed by atoms with Crippen molar-refractivity contribution in [3.63, 3.8) is 0 Å². The molecule has 0 saturated heterocycles. The minimum absolute atomic E-state index is 0.132. The van der Waals surface area contributed by atoms with E-state index in [4.69, 9.17) is 5.11 Å². The third-order valence-electron chi connectivity index (χ3n) is 3.07. The Labute approximate surface area is 119 Å². The number of carboxylic acids is 1. The largest absolute Gasteiger partial charge is 0.476 e. The van der Waals surface area contributed by atoms with E-state index in [9.17, 15) is 4.79 Å². The Morgan fingerprint density at radius 2 is 1.95 bits per heavy atom. The number of hydrogen-bond donors (Lipinski definition) is 1. The minimum Gasteiger partial charge on any atom is -0.476 e. The smallest absolute Gasteiger partial charge is 0.355 e. The summed E-state index contributed by atoms with van der Waals surface area (Å²) < 4.78 is 0. The lowest BCUT2D eigenvalue weighted by atomic mass is 10.1. The average molecular weight is 284 g/mol. The zero-order chi connectivity index (χ0) is 14.3. The Kier molecular flexibility index (Phi) is 2.99. The molecule has 0 aliphatic heterocycles. The van der Waals surface area contributed by atoms with Crippen molar-refractivity contribution in [3.8, 4) is 10.6 Å². The van der Waals surface area contributed by atoms with Crippen molar-refractivity contribution >= 4 is 28.2 Å². The summed E-state index contributed by atoms with van der Waals surface area (Å²) in [6, 6.07) is 9.83. The van der Waals surface area contributed by atoms with Gasteiger partial charge in [0, 0.05) is 21.5 Å². The van der Waals surface area contributed by atoms with Crippen LogP contribution in [0.2, 0.25) is 0 Å². The number of aromatic nitrogens is 2. The Balaban J connectivity index is 2.12. The van der Waals surface area contributed by atoms with Crippen LogP contribution in [0.4, 0.5) is 0 Å². The van der Waals surface area contributed by atoms with E-state index in [0.29, 0.717) is 0 Å². The van der Waals surface area contributed by atoms with Crippen LogP contribution in [0, 0.1) is 13.8 Å². The summed E-state index contributed by atoms with van der Waals surface area (Å²) in [5, 5.41) is 10.8. The van der Waals surface area contributed by atoms with Crippen LogP contribution in [0.5, 0.6) is 0 Å². The predicted molar refractivity (Wildman–Crippen MR) is 79.3 cm³/mol. The number of rotatable bonds is 2. The van der Waals surface area contributed by atoms with Gasteiger partial charge in [-0.05, 0) is 38.1 Å². The van der Waals surface area contributed by atoms with Crippen LogP contribution in [0.3, 0.4) is 0 Å². The topological polar surface area (TPSA) is 63.1 Å². The van der Waals surface area contributed by atoms with E-state index in [1.165, 1.54) is 11.3 Å². The van der Waals surface area contributed by atoms with E-state index in [2.05, 4.69) is 9.97 Å². The molecule has 0 radical (unpaired) electrons. The highest BCUT2D eigenvalue weighted by Crippen LogP contribution is 2.29. The summed E-state index contributed by atoms with van der Waals surface area (Å²) >= 11 is 1.40. The lowest BCUT2D eigenvalue weighted by Gasteiger charge is -2.01. The van der Waals surface area contributed by atoms with Gasteiger partial charge in [-0.3, -0.25) is 4.98 Å². The molecule has 0 aliphatic rings. The molecule has 0 aliphatic carbocycles. The van der Waals surface area contributed by atoms with E-state index < -0.39 is 5.97 Å². The highest BCUT2D eigenvalue weighted by Gasteiger charge is 2.15. The minimum atomic E-state index is -0.983. The van der Waals surface area contributed by atoms with Crippen molar-refractivity contribution in [2.45, 2.75) is 13.8 Å². The van der Waals surface area contributed by atoms with Crippen molar-refractivity contribution in [1.29, 1.82) is 0 Å². The van der Waals surface area contributed by atoms with Crippen molar-refractivity contribution < 1.29 is 9.90 Å². The third kappa shape index (κ3) is 2.16. The Hall–Kier alpha value is -2.27. The summed E-state index contributed by atoms with van der Waals surface area (Å²) in [7, 11) is 0. The summed E-state index contributed by atoms with van der Waals surface area (Å²) in [4.78, 5) is 20.4. The van der Waals surface area contributed by atoms with E-state index in [1.54, 1.807) is 6.92 Å². The SMILES string of the molecule is Cc1ccc2cc(-c3nc(C(=O)O)c(C)s3)ccc2n1. The zero-order valence-corrected chi connectivity index (χ0v) is 11.9. The second-order valence-corrected chi connectivity index (χ2v) is 5.79. The molecule has 20 heavy (non-hydrogen) atoms. The van der Waals surface area contributed by atoms with Crippen LogP contribution in [-0.2, 0) is 0 Å². The summed E-state index contributed by atoms with van der Waals surface area (Å²) in [6.45, 7) is 3.73. The highest BCUT2D eigenvalue weighted by molar-refractivity contribution is 7.15. The molecule has 2 heterocycles. The molecule has 3 aromatic rings. The molecule has 0 saturated carbocycles. The maximum absolute atomic E-state index is 11.1. The molecule has 5 heteroatoms. The zero-order valence-electron chi connectivity index (χ0n) is 11.0. The van der Waals surface area contributed by atoms with Gasteiger partial charge in [-0.2, -0.15) is 0 Å². The molecule has 0 atom stereocenters. The maximum atomic E-state index is 11.1. The van der Waals surface area contributed by atoms with Gasteiger partial charge in [-0.15, -0.1) is 11.3 Å². The first-order chi connectivity index (χ1) is 9.54. The van der Waals surface area contributed by atoms with Crippen molar-refractivity contribution in [2.75, 3.05) is 0 Å². The first-order valence-corrected chi connectivity index (χ1v) is 6.95. The number of aromatic carboxylic acids is 1. The van der Waals surface area contributed by atoms with Gasteiger partial charge in [0.2, 0.25) is 0 Å². The number of carbonyl (C=O) groups is 1. The molecule has 0 unspecified atom stereocenters. The number of aryl methyl sites for hydroxylation is 2. The van der Waals surface area contributed by atoms with Crippen LogP contribution in [0.25, 0.3) is 21.5 Å². The fourth-order valence-corrected chi connectivity index (χ4v) is 2.98. The maximum Gasteiger partial charge on any atom is 0.355 e. The Morgan fingerprint density at radius 3 is 2.65 bits per heavy atom. The molecular weight excluding hydrogens is 272 g/mol. The molecule has 4 nitrogen and oxygen atoms in total. The molecular formula is C15H12N2O2S. The summed E-state index contributed by atoms with van der Waals surface area (Å²) in [5.41, 5.74) is 2.96. The monoisotopic (exact) mass is 284 g/mol. The molecule has 1 N–H and O–H groups in total. The number of carboxylic acid groups (broad SMARTS) is 1. The number of thiazole rings is 1. The molecule has 0 spiro atoms. The molecule has 2 aromatic heterocycles. The first kappa shape index (κ1) is 12.7. The summed E-state index contributed by atoms with van der Waals surface area (Å²) in [5.74, 6) is -0.983. The van der Waals surface area contributed by atoms with Crippen molar-refractivity contribution in [3.05, 3.63) is 46.6 Å². The molecule has 0 amide bonds. The normalized spacial score (nSPS) is 10.9.